The van der Waals surface area contributed by atoms with Gasteiger partial charge in [-0.3, -0.25) is 38.4 Å². The van der Waals surface area contributed by atoms with E-state index in [1.807, 2.05) is 13.8 Å². The quantitative estimate of drug-likeness (QED) is 0.128. The van der Waals surface area contributed by atoms with E-state index in [1.165, 1.54) is 6.92 Å². The van der Waals surface area contributed by atoms with Crippen LogP contribution in [-0.2, 0) is 44.8 Å². The molecule has 63 heavy (non-hydrogen) atoms. The molecular formula is C41H58N10O11S. The third kappa shape index (κ3) is 10.7. The Labute approximate surface area is 367 Å². The van der Waals surface area contributed by atoms with Crippen LogP contribution in [0.3, 0.4) is 0 Å². The second-order valence-electron chi connectivity index (χ2n) is 17.0. The Kier molecular flexibility index (Phi) is 15.0. The molecule has 1 saturated carbocycles. The molecule has 1 saturated heterocycles. The first-order chi connectivity index (χ1) is 30.0. The molecule has 1 aliphatic carbocycles. The fraction of sp³-hybridized carbons (Fsp3) is 0.610. The number of amides is 8. The molecule has 6 rings (SSSR count). The highest BCUT2D eigenvalue weighted by Crippen LogP contribution is 2.37. The van der Waals surface area contributed by atoms with Gasteiger partial charge < -0.3 is 68.2 Å². The van der Waals surface area contributed by atoms with Crippen LogP contribution in [0.1, 0.15) is 58.4 Å². The van der Waals surface area contributed by atoms with Gasteiger partial charge in [0.2, 0.25) is 47.3 Å². The minimum atomic E-state index is -1.68. The van der Waals surface area contributed by atoms with Gasteiger partial charge in [0, 0.05) is 55.0 Å². The molecule has 13 N–H and O–H groups in total. The number of nitrogens with one attached hydrogen (secondary N) is 8. The Bertz CT molecular complexity index is 2100. The fourth-order valence-corrected chi connectivity index (χ4v) is 9.37. The van der Waals surface area contributed by atoms with Gasteiger partial charge in [-0.1, -0.05) is 45.4 Å². The monoisotopic (exact) mass is 898 g/mol. The number of hydrogen-bond donors (Lipinski definition) is 12. The molecule has 1 aromatic carbocycles. The summed E-state index contributed by atoms with van der Waals surface area (Å²) < 4.78 is 0. The van der Waals surface area contributed by atoms with Crippen molar-refractivity contribution in [3.63, 3.8) is 0 Å². The minimum Gasteiger partial charge on any atom is -0.394 e. The van der Waals surface area contributed by atoms with Gasteiger partial charge in [-0.05, 0) is 30.4 Å². The lowest BCUT2D eigenvalue weighted by molar-refractivity contribution is -0.144. The SMILES string of the molecule is CC[C@H](C)[C@@H]1NCCNC(=O)[C@@H]2Cc3c([nH]c4ccccc34)SC[C@H](NC(=O)C3(CC3)NC1=O)C(=O)N[C@@H](CC(N)=O)C(=O)N1C[C@H](O)C[C@H]1C(=O)N[C@@H]([C@@H](C)[C@@H](O)CO)C(=O)N2. The molecule has 1 spiro atoms. The lowest BCUT2D eigenvalue weighted by atomic mass is 9.93. The Morgan fingerprint density at radius 3 is 2.33 bits per heavy atom. The van der Waals surface area contributed by atoms with Gasteiger partial charge in [-0.15, -0.1) is 11.8 Å². The maximum Gasteiger partial charge on any atom is 0.246 e. The number of hydrogen-bond acceptors (Lipinski definition) is 13. The lowest BCUT2D eigenvalue weighted by Crippen LogP contribution is -2.62. The zero-order valence-corrected chi connectivity index (χ0v) is 36.2. The first-order valence-corrected chi connectivity index (χ1v) is 22.3. The highest BCUT2D eigenvalue weighted by atomic mass is 32.2. The Morgan fingerprint density at radius 1 is 0.921 bits per heavy atom. The Balaban J connectivity index is 1.50. The summed E-state index contributed by atoms with van der Waals surface area (Å²) in [5, 5.41) is 52.1. The maximum absolute atomic E-state index is 14.4. The van der Waals surface area contributed by atoms with Crippen LogP contribution in [0.25, 0.3) is 10.9 Å². The van der Waals surface area contributed by atoms with Crippen LogP contribution in [0.5, 0.6) is 0 Å². The predicted octanol–water partition coefficient (Wildman–Crippen LogP) is -3.64. The molecule has 22 heteroatoms. The van der Waals surface area contributed by atoms with Gasteiger partial charge in [0.05, 0.1) is 36.3 Å². The molecule has 10 atom stereocenters. The largest absolute Gasteiger partial charge is 0.394 e. The highest BCUT2D eigenvalue weighted by Gasteiger charge is 2.53. The average molecular weight is 899 g/mol. The first-order valence-electron chi connectivity index (χ1n) is 21.3. The number of carbonyl (C=O) groups excluding carboxylic acids is 8. The van der Waals surface area contributed by atoms with Crippen molar-refractivity contribution in [2.24, 2.45) is 17.6 Å². The van der Waals surface area contributed by atoms with Crippen molar-refractivity contribution in [1.29, 1.82) is 0 Å². The number of aliphatic hydroxyl groups is 3. The smallest absolute Gasteiger partial charge is 0.246 e. The third-order valence-electron chi connectivity index (χ3n) is 12.4. The maximum atomic E-state index is 14.4. The van der Waals surface area contributed by atoms with Crippen molar-refractivity contribution < 1.29 is 53.7 Å². The lowest BCUT2D eigenvalue weighted by Gasteiger charge is -2.33. The van der Waals surface area contributed by atoms with E-state index in [2.05, 4.69) is 42.2 Å². The summed E-state index contributed by atoms with van der Waals surface area (Å²) >= 11 is 1.10. The normalized spacial score (nSPS) is 29.2. The van der Waals surface area contributed by atoms with Crippen LogP contribution in [0.15, 0.2) is 29.3 Å². The number of nitrogens with zero attached hydrogens (tertiary/aromatic N) is 1. The standard InChI is InChI=1S/C41H58N10O11S/c1-4-19(2)31-37(60)50-41(9-10-41)40(62)48-27-18-63-38-23(22-7-5-6-8-24(22)47-38)14-25(33(56)44-12-11-43-31)45-36(59)32(20(3)29(54)17-52)49-35(58)28-13-21(53)16-51(28)39(61)26(15-30(42)55)46-34(27)57/h5-8,19-21,25-29,31-32,43,47,52-54H,4,9-18H2,1-3H3,(H2,42,55)(H,44,56)(H,45,59)(H,46,57)(H,48,62)(H,49,58)(H,50,60)/t19-,20-,21+,25-,26-,27-,28-,29-,31-,32-/m0/s1. The summed E-state index contributed by atoms with van der Waals surface area (Å²) in [6.07, 6.45) is -2.85. The van der Waals surface area contributed by atoms with Crippen LogP contribution < -0.4 is 43.0 Å². The van der Waals surface area contributed by atoms with E-state index >= 15 is 0 Å². The van der Waals surface area contributed by atoms with E-state index in [0.29, 0.717) is 27.9 Å². The summed E-state index contributed by atoms with van der Waals surface area (Å²) in [5.41, 5.74) is 5.40. The van der Waals surface area contributed by atoms with Gasteiger partial charge in [0.15, 0.2) is 0 Å². The first kappa shape index (κ1) is 47.2. The number of aromatic nitrogens is 1. The molecule has 3 aliphatic heterocycles. The number of primary amides is 1. The molecule has 344 valence electrons. The van der Waals surface area contributed by atoms with Gasteiger partial charge >= 0.3 is 0 Å². The molecular weight excluding hydrogens is 841 g/mol. The predicted molar refractivity (Wildman–Crippen MR) is 227 cm³/mol. The molecule has 0 unspecified atom stereocenters. The second kappa shape index (κ2) is 20.0. The number of fused-ring (bicyclic) bond motifs is 5. The third-order valence-corrected chi connectivity index (χ3v) is 13.6. The highest BCUT2D eigenvalue weighted by molar-refractivity contribution is 7.99. The number of aromatic amines is 1. The van der Waals surface area contributed by atoms with Gasteiger partial charge in [-0.2, -0.15) is 0 Å². The second-order valence-corrected chi connectivity index (χ2v) is 18.0. The van der Waals surface area contributed by atoms with Gasteiger partial charge in [0.25, 0.3) is 0 Å². The van der Waals surface area contributed by atoms with Crippen LogP contribution in [0, 0.1) is 11.8 Å². The molecule has 2 fully saturated rings. The molecule has 21 nitrogen and oxygen atoms in total. The summed E-state index contributed by atoms with van der Waals surface area (Å²) in [6, 6.07) is -1.14. The van der Waals surface area contributed by atoms with Crippen molar-refractivity contribution in [3.8, 4) is 0 Å². The molecule has 1 aromatic heterocycles. The summed E-state index contributed by atoms with van der Waals surface area (Å²) in [6.45, 7) is 4.06. The summed E-state index contributed by atoms with van der Waals surface area (Å²) in [5.74, 6) is -8.06. The number of benzene rings is 1. The average Bonchev–Trinajstić information content (AvgIpc) is 3.80. The topological polar surface area (TPSA) is 327 Å². The molecule has 8 amide bonds. The molecule has 4 heterocycles. The van der Waals surface area contributed by atoms with E-state index in [4.69, 9.17) is 5.73 Å². The zero-order valence-electron chi connectivity index (χ0n) is 35.4. The Hall–Kier alpha value is -5.29. The number of aliphatic hydroxyl groups excluding tert-OH is 3. The number of para-hydroxylation sites is 1. The molecule has 4 aliphatic rings. The van der Waals surface area contributed by atoms with E-state index in [9.17, 15) is 53.7 Å². The molecule has 2 aromatic rings. The van der Waals surface area contributed by atoms with Crippen molar-refractivity contribution in [1.82, 2.24) is 47.1 Å². The number of thioether (sulfide) groups is 1. The zero-order chi connectivity index (χ0) is 45.7. The number of rotatable bonds is 7. The van der Waals surface area contributed by atoms with E-state index in [-0.39, 0.29) is 50.4 Å². The molecule has 2 bridgehead atoms. The van der Waals surface area contributed by atoms with Gasteiger partial charge in [0.1, 0.15) is 35.7 Å². The van der Waals surface area contributed by atoms with Crippen molar-refractivity contribution in [2.45, 2.75) is 118 Å². The van der Waals surface area contributed by atoms with E-state index in [1.54, 1.807) is 24.3 Å². The van der Waals surface area contributed by atoms with Crippen LogP contribution in [0.2, 0.25) is 0 Å². The summed E-state index contributed by atoms with van der Waals surface area (Å²) in [7, 11) is 0. The van der Waals surface area contributed by atoms with E-state index in [0.717, 1.165) is 16.7 Å². The van der Waals surface area contributed by atoms with Crippen LogP contribution in [-0.4, -0.2) is 158 Å². The minimum absolute atomic E-state index is 0.00768. The Morgan fingerprint density at radius 2 is 1.65 bits per heavy atom. The summed E-state index contributed by atoms with van der Waals surface area (Å²) in [4.78, 5) is 116. The molecule has 0 radical (unpaired) electrons. The van der Waals surface area contributed by atoms with Crippen molar-refractivity contribution in [3.05, 3.63) is 29.8 Å². The van der Waals surface area contributed by atoms with Crippen LogP contribution in [0.4, 0.5) is 0 Å². The van der Waals surface area contributed by atoms with Crippen molar-refractivity contribution >= 4 is 69.9 Å². The number of H-pyrrole nitrogens is 1. The van der Waals surface area contributed by atoms with Gasteiger partial charge in [-0.25, -0.2) is 0 Å². The number of carbonyl (C=O) groups is 8. The fourth-order valence-electron chi connectivity index (χ4n) is 8.25. The van der Waals surface area contributed by atoms with Crippen molar-refractivity contribution in [2.75, 3.05) is 32.0 Å². The van der Waals surface area contributed by atoms with Crippen LogP contribution >= 0.6 is 11.8 Å². The van der Waals surface area contributed by atoms with E-state index < -0.39 is 127 Å². The number of nitrogens with two attached hydrogens (primary N) is 1.